The molecule has 7 nitrogen and oxygen atoms in total. The Balaban J connectivity index is 1.40. The number of carbonyl (C=O) groups is 3. The number of hydrogen-bond acceptors (Lipinski definition) is 5. The largest absolute Gasteiger partial charge is 0.355 e. The zero-order valence-electron chi connectivity index (χ0n) is 19.5. The van der Waals surface area contributed by atoms with Crippen LogP contribution in [-0.2, 0) is 16.0 Å². The van der Waals surface area contributed by atoms with Crippen molar-refractivity contribution in [3.63, 3.8) is 0 Å². The minimum Gasteiger partial charge on any atom is -0.355 e. The first-order valence-corrected chi connectivity index (χ1v) is 12.6. The van der Waals surface area contributed by atoms with Gasteiger partial charge in [0.05, 0.1) is 6.54 Å². The van der Waals surface area contributed by atoms with Crippen LogP contribution in [0, 0.1) is 5.92 Å². The summed E-state index contributed by atoms with van der Waals surface area (Å²) < 4.78 is 0. The van der Waals surface area contributed by atoms with Crippen LogP contribution in [0.25, 0.3) is 0 Å². The van der Waals surface area contributed by atoms with Gasteiger partial charge in [0.15, 0.2) is 0 Å². The quantitative estimate of drug-likeness (QED) is 0.559. The minimum atomic E-state index is -0.110. The monoisotopic (exact) mass is 470 g/mol. The average Bonchev–Trinajstić information content (AvgIpc) is 3.34. The summed E-state index contributed by atoms with van der Waals surface area (Å²) >= 11 is 1.71. The standard InChI is InChI=1S/C25H34N4O3S/c1-3-29(4-2)25(32)20-7-5-8-21(17-20)27-23(30)18-28-14-11-19(12-15-28)24(31)26-13-10-22-9-6-16-33-22/h5-9,16-17,19H,3-4,10-15,18H2,1-2H3,(H,26,31)(H,27,30). The maximum Gasteiger partial charge on any atom is 0.253 e. The van der Waals surface area contributed by atoms with E-state index in [9.17, 15) is 14.4 Å². The molecule has 1 aromatic carbocycles. The van der Waals surface area contributed by atoms with Gasteiger partial charge < -0.3 is 15.5 Å². The van der Waals surface area contributed by atoms with Crippen molar-refractivity contribution in [1.29, 1.82) is 0 Å². The number of nitrogens with one attached hydrogen (secondary N) is 2. The van der Waals surface area contributed by atoms with Gasteiger partial charge in [-0.05, 0) is 75.8 Å². The Bertz CT molecular complexity index is 919. The summed E-state index contributed by atoms with van der Waals surface area (Å²) in [7, 11) is 0. The van der Waals surface area contributed by atoms with Gasteiger partial charge >= 0.3 is 0 Å². The number of benzene rings is 1. The highest BCUT2D eigenvalue weighted by atomic mass is 32.1. The SMILES string of the molecule is CCN(CC)C(=O)c1cccc(NC(=O)CN2CCC(C(=O)NCCc3cccs3)CC2)c1. The lowest BCUT2D eigenvalue weighted by Gasteiger charge is -2.30. The molecule has 8 heteroatoms. The second-order valence-electron chi connectivity index (χ2n) is 8.28. The van der Waals surface area contributed by atoms with E-state index < -0.39 is 0 Å². The second-order valence-corrected chi connectivity index (χ2v) is 9.31. The van der Waals surface area contributed by atoms with Gasteiger partial charge in [-0.25, -0.2) is 0 Å². The smallest absolute Gasteiger partial charge is 0.253 e. The molecule has 1 aliphatic heterocycles. The Morgan fingerprint density at radius 2 is 1.85 bits per heavy atom. The molecule has 3 amide bonds. The van der Waals surface area contributed by atoms with Crippen LogP contribution in [0.15, 0.2) is 41.8 Å². The molecular weight excluding hydrogens is 436 g/mol. The molecule has 1 aromatic heterocycles. The molecule has 1 saturated heterocycles. The summed E-state index contributed by atoms with van der Waals surface area (Å²) in [5.41, 5.74) is 1.19. The summed E-state index contributed by atoms with van der Waals surface area (Å²) in [6.45, 7) is 7.58. The van der Waals surface area contributed by atoms with Crippen LogP contribution in [0.2, 0.25) is 0 Å². The van der Waals surface area contributed by atoms with E-state index in [2.05, 4.69) is 21.6 Å². The molecule has 0 unspecified atom stereocenters. The van der Waals surface area contributed by atoms with Gasteiger partial charge in [0.2, 0.25) is 11.8 Å². The van der Waals surface area contributed by atoms with E-state index in [1.54, 1.807) is 40.5 Å². The van der Waals surface area contributed by atoms with Gasteiger partial charge in [-0.2, -0.15) is 0 Å². The molecule has 0 radical (unpaired) electrons. The van der Waals surface area contributed by atoms with Crippen molar-refractivity contribution in [2.75, 3.05) is 44.6 Å². The van der Waals surface area contributed by atoms with E-state index in [1.807, 2.05) is 25.3 Å². The Labute approximate surface area is 200 Å². The van der Waals surface area contributed by atoms with Gasteiger partial charge in [0.1, 0.15) is 0 Å². The number of rotatable bonds is 10. The first-order valence-electron chi connectivity index (χ1n) is 11.7. The topological polar surface area (TPSA) is 81.8 Å². The fourth-order valence-corrected chi connectivity index (χ4v) is 4.80. The van der Waals surface area contributed by atoms with E-state index in [-0.39, 0.29) is 30.2 Å². The summed E-state index contributed by atoms with van der Waals surface area (Å²) in [6.07, 6.45) is 2.38. The number of hydrogen-bond donors (Lipinski definition) is 2. The molecule has 2 heterocycles. The zero-order valence-corrected chi connectivity index (χ0v) is 20.3. The third-order valence-electron chi connectivity index (χ3n) is 6.02. The van der Waals surface area contributed by atoms with Gasteiger partial charge in [0, 0.05) is 41.7 Å². The van der Waals surface area contributed by atoms with Gasteiger partial charge in [-0.3, -0.25) is 19.3 Å². The number of amides is 3. The maximum atomic E-state index is 12.6. The molecule has 0 atom stereocenters. The predicted molar refractivity (Wildman–Crippen MR) is 133 cm³/mol. The van der Waals surface area contributed by atoms with E-state index in [0.29, 0.717) is 30.9 Å². The van der Waals surface area contributed by atoms with Gasteiger partial charge in [0.25, 0.3) is 5.91 Å². The molecule has 2 aromatic rings. The van der Waals surface area contributed by atoms with Crippen LogP contribution in [0.5, 0.6) is 0 Å². The molecule has 1 fully saturated rings. The molecule has 178 valence electrons. The number of anilines is 1. The first-order chi connectivity index (χ1) is 16.0. The van der Waals surface area contributed by atoms with E-state index >= 15 is 0 Å². The van der Waals surface area contributed by atoms with Crippen molar-refractivity contribution >= 4 is 34.7 Å². The predicted octanol–water partition coefficient (Wildman–Crippen LogP) is 3.24. The van der Waals surface area contributed by atoms with E-state index in [1.165, 1.54) is 4.88 Å². The second kappa shape index (κ2) is 12.5. The molecule has 0 bridgehead atoms. The zero-order chi connectivity index (χ0) is 23.6. The highest BCUT2D eigenvalue weighted by Gasteiger charge is 2.25. The molecule has 1 aliphatic rings. The maximum absolute atomic E-state index is 12.6. The van der Waals surface area contributed by atoms with E-state index in [4.69, 9.17) is 0 Å². The molecule has 0 aliphatic carbocycles. The highest BCUT2D eigenvalue weighted by Crippen LogP contribution is 2.18. The number of thiophene rings is 1. The molecule has 3 rings (SSSR count). The Hall–Kier alpha value is -2.71. The van der Waals surface area contributed by atoms with Crippen LogP contribution >= 0.6 is 11.3 Å². The van der Waals surface area contributed by atoms with Crippen molar-refractivity contribution in [2.45, 2.75) is 33.1 Å². The van der Waals surface area contributed by atoms with Crippen molar-refractivity contribution in [1.82, 2.24) is 15.1 Å². The van der Waals surface area contributed by atoms with Crippen LogP contribution in [-0.4, -0.2) is 66.8 Å². The fraction of sp³-hybridized carbons (Fsp3) is 0.480. The molecule has 33 heavy (non-hydrogen) atoms. The van der Waals surface area contributed by atoms with Crippen molar-refractivity contribution in [3.8, 4) is 0 Å². The average molecular weight is 471 g/mol. The number of likely N-dealkylation sites (tertiary alicyclic amines) is 1. The van der Waals surface area contributed by atoms with Crippen LogP contribution < -0.4 is 10.6 Å². The van der Waals surface area contributed by atoms with Crippen molar-refractivity contribution in [2.24, 2.45) is 5.92 Å². The van der Waals surface area contributed by atoms with Crippen LogP contribution in [0.3, 0.4) is 0 Å². The van der Waals surface area contributed by atoms with Gasteiger partial charge in [-0.15, -0.1) is 11.3 Å². The third kappa shape index (κ3) is 7.40. The van der Waals surface area contributed by atoms with Crippen molar-refractivity contribution in [3.05, 3.63) is 52.2 Å². The first kappa shape index (κ1) is 24.9. The Kier molecular flexibility index (Phi) is 9.45. The summed E-state index contributed by atoms with van der Waals surface area (Å²) in [6, 6.07) is 11.2. The van der Waals surface area contributed by atoms with Crippen LogP contribution in [0.1, 0.15) is 41.9 Å². The molecule has 0 spiro atoms. The molecular formula is C25H34N4O3S. The minimum absolute atomic E-state index is 0.00965. The fourth-order valence-electron chi connectivity index (χ4n) is 4.09. The Morgan fingerprint density at radius 1 is 1.09 bits per heavy atom. The normalized spacial score (nSPS) is 14.6. The molecule has 2 N–H and O–H groups in total. The third-order valence-corrected chi connectivity index (χ3v) is 6.96. The Morgan fingerprint density at radius 3 is 2.52 bits per heavy atom. The summed E-state index contributed by atoms with van der Waals surface area (Å²) in [5, 5.41) is 8.00. The highest BCUT2D eigenvalue weighted by molar-refractivity contribution is 7.09. The summed E-state index contributed by atoms with van der Waals surface area (Å²) in [5.74, 6) is -0.0196. The lowest BCUT2D eigenvalue weighted by molar-refractivity contribution is -0.126. The van der Waals surface area contributed by atoms with Crippen molar-refractivity contribution < 1.29 is 14.4 Å². The van der Waals surface area contributed by atoms with Gasteiger partial charge in [-0.1, -0.05) is 12.1 Å². The van der Waals surface area contributed by atoms with E-state index in [0.717, 1.165) is 32.4 Å². The number of nitrogens with zero attached hydrogens (tertiary/aromatic N) is 2. The summed E-state index contributed by atoms with van der Waals surface area (Å²) in [4.78, 5) is 42.6. The number of piperidine rings is 1. The lowest BCUT2D eigenvalue weighted by atomic mass is 9.96. The lowest BCUT2D eigenvalue weighted by Crippen LogP contribution is -2.43. The number of carbonyl (C=O) groups excluding carboxylic acids is 3. The van der Waals surface area contributed by atoms with Crippen LogP contribution in [0.4, 0.5) is 5.69 Å². The molecule has 0 saturated carbocycles.